The Hall–Kier alpha value is 0.110. The smallest absolute Gasteiger partial charge is 0.0360 e. The van der Waals surface area contributed by atoms with Crippen molar-refractivity contribution in [1.29, 1.82) is 0 Å². The van der Waals surface area contributed by atoms with Crippen molar-refractivity contribution in [3.05, 3.63) is 0 Å². The van der Waals surface area contributed by atoms with Crippen LogP contribution >= 0.6 is 0 Å². The number of hydrogen-bond donors (Lipinski definition) is 1. The molecule has 1 saturated carbocycles. The van der Waals surface area contributed by atoms with Crippen LogP contribution in [0.25, 0.3) is 0 Å². The lowest BCUT2D eigenvalue weighted by Gasteiger charge is -2.39. The maximum absolute atomic E-state index is 11.3. The molecular weight excluding hydrogens is 242 g/mol. The van der Waals surface area contributed by atoms with Gasteiger partial charge in [0.25, 0.3) is 0 Å². The lowest BCUT2D eigenvalue weighted by Crippen LogP contribution is -2.38. The number of hydrogen-bond acceptors (Lipinski definition) is 2. The zero-order valence-corrected chi connectivity index (χ0v) is 13.4. The average Bonchev–Trinajstić information content (AvgIpc) is 2.39. The van der Waals surface area contributed by atoms with Crippen molar-refractivity contribution in [1.82, 2.24) is 5.32 Å². The van der Waals surface area contributed by atoms with Crippen LogP contribution in [0.3, 0.4) is 0 Å². The highest BCUT2D eigenvalue weighted by Gasteiger charge is 2.31. The summed E-state index contributed by atoms with van der Waals surface area (Å²) in [5.74, 6) is 2.50. The summed E-state index contributed by atoms with van der Waals surface area (Å²) < 4.78 is 11.3. The van der Waals surface area contributed by atoms with Crippen molar-refractivity contribution in [2.45, 2.75) is 65.8 Å². The fourth-order valence-corrected chi connectivity index (χ4v) is 3.52. The second kappa shape index (κ2) is 7.64. The third kappa shape index (κ3) is 5.00. The minimum atomic E-state index is -0.616. The van der Waals surface area contributed by atoms with E-state index in [-0.39, 0.29) is 0 Å². The van der Waals surface area contributed by atoms with E-state index in [2.05, 4.69) is 26.1 Å². The molecule has 1 unspecified atom stereocenters. The highest BCUT2D eigenvalue weighted by molar-refractivity contribution is 7.84. The van der Waals surface area contributed by atoms with Crippen LogP contribution in [-0.2, 0) is 10.8 Å². The Balaban J connectivity index is 2.21. The molecule has 0 spiro atoms. The first kappa shape index (κ1) is 16.2. The van der Waals surface area contributed by atoms with E-state index in [1.165, 1.54) is 32.1 Å². The van der Waals surface area contributed by atoms with Crippen molar-refractivity contribution in [3.63, 3.8) is 0 Å². The Morgan fingerprint density at radius 2 is 1.78 bits per heavy atom. The Bertz CT molecular complexity index is 257. The van der Waals surface area contributed by atoms with Gasteiger partial charge in [-0.1, -0.05) is 34.1 Å². The van der Waals surface area contributed by atoms with E-state index < -0.39 is 10.8 Å². The summed E-state index contributed by atoms with van der Waals surface area (Å²) in [4.78, 5) is 0. The van der Waals surface area contributed by atoms with Gasteiger partial charge in [0.05, 0.1) is 0 Å². The van der Waals surface area contributed by atoms with Crippen LogP contribution in [-0.4, -0.2) is 28.3 Å². The molecule has 0 radical (unpaired) electrons. The lowest BCUT2D eigenvalue weighted by molar-refractivity contribution is 0.137. The molecule has 1 atom stereocenters. The Kier molecular flexibility index (Phi) is 6.86. The molecule has 1 aliphatic carbocycles. The molecule has 1 aliphatic rings. The first-order valence-corrected chi connectivity index (χ1v) is 9.06. The molecule has 18 heavy (non-hydrogen) atoms. The van der Waals surface area contributed by atoms with E-state index in [1.54, 1.807) is 0 Å². The van der Waals surface area contributed by atoms with Gasteiger partial charge in [-0.15, -0.1) is 0 Å². The van der Waals surface area contributed by atoms with Gasteiger partial charge in [0.1, 0.15) is 0 Å². The van der Waals surface area contributed by atoms with Crippen molar-refractivity contribution < 1.29 is 4.21 Å². The van der Waals surface area contributed by atoms with E-state index in [4.69, 9.17) is 0 Å². The molecule has 0 aromatic carbocycles. The van der Waals surface area contributed by atoms with Gasteiger partial charge in [-0.2, -0.15) is 0 Å². The van der Waals surface area contributed by atoms with Gasteiger partial charge in [-0.25, -0.2) is 0 Å². The highest BCUT2D eigenvalue weighted by atomic mass is 32.2. The van der Waals surface area contributed by atoms with Crippen LogP contribution in [0.5, 0.6) is 0 Å². The van der Waals surface area contributed by atoms with Gasteiger partial charge in [0.15, 0.2) is 0 Å². The molecule has 0 amide bonds. The molecular formula is C15H31NOS. The molecule has 0 bridgehead atoms. The minimum absolute atomic E-state index is 0.509. The second-order valence-electron chi connectivity index (χ2n) is 6.28. The van der Waals surface area contributed by atoms with Crippen molar-refractivity contribution in [2.75, 3.05) is 18.1 Å². The zero-order valence-electron chi connectivity index (χ0n) is 12.6. The maximum Gasteiger partial charge on any atom is 0.0360 e. The molecule has 2 nitrogen and oxygen atoms in total. The topological polar surface area (TPSA) is 29.1 Å². The maximum atomic E-state index is 11.3. The molecule has 1 N–H and O–H groups in total. The molecule has 3 heteroatoms. The van der Waals surface area contributed by atoms with Crippen LogP contribution < -0.4 is 5.32 Å². The molecule has 0 aliphatic heterocycles. The summed E-state index contributed by atoms with van der Waals surface area (Å²) in [6.45, 7) is 10.1. The van der Waals surface area contributed by atoms with Crippen molar-refractivity contribution >= 4 is 10.8 Å². The van der Waals surface area contributed by atoms with Gasteiger partial charge >= 0.3 is 0 Å². The third-order valence-electron chi connectivity index (χ3n) is 4.83. The fourth-order valence-electron chi connectivity index (χ4n) is 2.89. The van der Waals surface area contributed by atoms with E-state index in [0.29, 0.717) is 11.5 Å². The van der Waals surface area contributed by atoms with Crippen LogP contribution in [0.1, 0.15) is 59.8 Å². The van der Waals surface area contributed by atoms with Crippen LogP contribution in [0, 0.1) is 11.3 Å². The molecule has 0 aromatic heterocycles. The predicted octanol–water partition coefficient (Wildman–Crippen LogP) is 3.34. The van der Waals surface area contributed by atoms with Crippen molar-refractivity contribution in [3.8, 4) is 0 Å². The monoisotopic (exact) mass is 273 g/mol. The first-order valence-electron chi connectivity index (χ1n) is 7.58. The van der Waals surface area contributed by atoms with Gasteiger partial charge in [-0.05, 0) is 37.0 Å². The summed E-state index contributed by atoms with van der Waals surface area (Å²) in [5.41, 5.74) is 0.509. The summed E-state index contributed by atoms with van der Waals surface area (Å²) in [7, 11) is -0.616. The SMILES string of the molecule is CCS(=O)CCNC1CCC(C(C)(C)CC)CC1. The number of rotatable bonds is 7. The number of nitrogens with one attached hydrogen (secondary N) is 1. The van der Waals surface area contributed by atoms with Crippen molar-refractivity contribution in [2.24, 2.45) is 11.3 Å². The molecule has 1 rings (SSSR count). The van der Waals surface area contributed by atoms with Gasteiger partial charge in [0.2, 0.25) is 0 Å². The zero-order chi connectivity index (χ0) is 13.6. The molecule has 0 saturated heterocycles. The molecule has 108 valence electrons. The first-order chi connectivity index (χ1) is 8.49. The highest BCUT2D eigenvalue weighted by Crippen LogP contribution is 2.40. The predicted molar refractivity (Wildman–Crippen MR) is 81.4 cm³/mol. The summed E-state index contributed by atoms with van der Waals surface area (Å²) in [5, 5.41) is 3.58. The standard InChI is InChI=1S/C15H31NOS/c1-5-15(3,4)13-7-9-14(10-8-13)16-11-12-18(17)6-2/h13-14,16H,5-12H2,1-4H3. The minimum Gasteiger partial charge on any atom is -0.313 e. The fraction of sp³-hybridized carbons (Fsp3) is 1.00. The second-order valence-corrected chi connectivity index (χ2v) is 8.14. The van der Waals surface area contributed by atoms with Gasteiger partial charge < -0.3 is 5.32 Å². The van der Waals surface area contributed by atoms with E-state index in [0.717, 1.165) is 24.0 Å². The third-order valence-corrected chi connectivity index (χ3v) is 6.13. The Morgan fingerprint density at radius 1 is 1.17 bits per heavy atom. The molecule has 0 aromatic rings. The van der Waals surface area contributed by atoms with Gasteiger partial charge in [0, 0.05) is 34.9 Å². The average molecular weight is 273 g/mol. The van der Waals surface area contributed by atoms with Crippen LogP contribution in [0.4, 0.5) is 0 Å². The van der Waals surface area contributed by atoms with E-state index in [9.17, 15) is 4.21 Å². The van der Waals surface area contributed by atoms with E-state index >= 15 is 0 Å². The Morgan fingerprint density at radius 3 is 2.28 bits per heavy atom. The van der Waals surface area contributed by atoms with Gasteiger partial charge in [-0.3, -0.25) is 4.21 Å². The van der Waals surface area contributed by atoms with Crippen LogP contribution in [0.15, 0.2) is 0 Å². The summed E-state index contributed by atoms with van der Waals surface area (Å²) in [6.07, 6.45) is 6.59. The largest absolute Gasteiger partial charge is 0.313 e. The molecule has 0 heterocycles. The summed E-state index contributed by atoms with van der Waals surface area (Å²) in [6, 6.07) is 0.669. The Labute approximate surface area is 116 Å². The molecule has 1 fully saturated rings. The van der Waals surface area contributed by atoms with Crippen LogP contribution in [0.2, 0.25) is 0 Å². The quantitative estimate of drug-likeness (QED) is 0.771. The normalized spacial score (nSPS) is 27.1. The lowest BCUT2D eigenvalue weighted by atomic mass is 9.69. The summed E-state index contributed by atoms with van der Waals surface area (Å²) >= 11 is 0. The van der Waals surface area contributed by atoms with E-state index in [1.807, 2.05) is 6.92 Å².